The maximum atomic E-state index is 11.8. The summed E-state index contributed by atoms with van der Waals surface area (Å²) in [5.74, 6) is -1.24. The fraction of sp³-hybridized carbons (Fsp3) is 0.636. The summed E-state index contributed by atoms with van der Waals surface area (Å²) in [6.45, 7) is 4.32. The molecule has 2 amide bonds. The lowest BCUT2D eigenvalue weighted by atomic mass is 10.1. The quantitative estimate of drug-likeness (QED) is 0.616. The van der Waals surface area contributed by atoms with Gasteiger partial charge in [-0.2, -0.15) is 0 Å². The Labute approximate surface area is 99.9 Å². The third-order valence-corrected chi connectivity index (χ3v) is 2.65. The maximum absolute atomic E-state index is 11.8. The molecule has 0 aromatic rings. The van der Waals surface area contributed by atoms with E-state index in [9.17, 15) is 14.7 Å². The van der Waals surface area contributed by atoms with Gasteiger partial charge in [0.05, 0.1) is 6.10 Å². The summed E-state index contributed by atoms with van der Waals surface area (Å²) in [5.41, 5.74) is 1.08. The third kappa shape index (κ3) is 3.74. The Balaban J connectivity index is 2.59. The molecule has 3 N–H and O–H groups in total. The highest BCUT2D eigenvalue weighted by atomic mass is 16.4. The van der Waals surface area contributed by atoms with Crippen molar-refractivity contribution >= 4 is 12.0 Å². The van der Waals surface area contributed by atoms with Crippen LogP contribution in [0.25, 0.3) is 0 Å². The first kappa shape index (κ1) is 13.5. The first-order valence-electron chi connectivity index (χ1n) is 5.53. The number of rotatable bonds is 3. The molecule has 0 aliphatic carbocycles. The fourth-order valence-corrected chi connectivity index (χ4v) is 1.70. The van der Waals surface area contributed by atoms with Crippen LogP contribution in [0.2, 0.25) is 0 Å². The van der Waals surface area contributed by atoms with Crippen LogP contribution >= 0.6 is 0 Å². The van der Waals surface area contributed by atoms with Crippen LogP contribution in [0.5, 0.6) is 0 Å². The van der Waals surface area contributed by atoms with E-state index >= 15 is 0 Å². The van der Waals surface area contributed by atoms with Crippen LogP contribution in [-0.2, 0) is 4.79 Å². The molecule has 96 valence electrons. The topological polar surface area (TPSA) is 89.9 Å². The largest absolute Gasteiger partial charge is 0.480 e. The number of nitrogens with one attached hydrogen (secondary N) is 1. The monoisotopic (exact) mass is 242 g/mol. The zero-order chi connectivity index (χ0) is 13.0. The summed E-state index contributed by atoms with van der Waals surface area (Å²) in [7, 11) is 0. The minimum absolute atomic E-state index is 0.453. The molecule has 0 bridgehead atoms. The highest BCUT2D eigenvalue weighted by molar-refractivity contribution is 5.83. The Kier molecular flexibility index (Phi) is 4.51. The number of aliphatic hydroxyl groups is 1. The number of amides is 2. The van der Waals surface area contributed by atoms with Gasteiger partial charge in [0.15, 0.2) is 6.04 Å². The molecule has 0 saturated carbocycles. The molecule has 0 fully saturated rings. The molecule has 0 aromatic carbocycles. The number of nitrogens with zero attached hydrogens (tertiary/aromatic N) is 1. The summed E-state index contributed by atoms with van der Waals surface area (Å²) >= 11 is 0. The number of aliphatic carboxylic acids is 1. The number of carbonyl (C=O) groups excluding carboxylic acids is 1. The minimum Gasteiger partial charge on any atom is -0.480 e. The Bertz CT molecular complexity index is 338. The fourth-order valence-electron chi connectivity index (χ4n) is 1.70. The van der Waals surface area contributed by atoms with E-state index < -0.39 is 24.1 Å². The van der Waals surface area contributed by atoms with Crippen molar-refractivity contribution in [3.63, 3.8) is 0 Å². The molecule has 17 heavy (non-hydrogen) atoms. The Morgan fingerprint density at radius 3 is 2.65 bits per heavy atom. The summed E-state index contributed by atoms with van der Waals surface area (Å²) < 4.78 is 0. The predicted octanol–water partition coefficient (Wildman–Crippen LogP) is 0.182. The summed E-state index contributed by atoms with van der Waals surface area (Å²) in [6, 6.07) is -1.72. The Hall–Kier alpha value is -1.56. The van der Waals surface area contributed by atoms with Crippen molar-refractivity contribution in [2.24, 2.45) is 0 Å². The number of carboxylic acid groups (broad SMARTS) is 1. The first-order valence-corrected chi connectivity index (χ1v) is 5.53. The lowest BCUT2D eigenvalue weighted by Gasteiger charge is -2.28. The molecular formula is C11H18N2O4. The number of carboxylic acids is 1. The Morgan fingerprint density at radius 2 is 2.18 bits per heavy atom. The molecule has 1 aliphatic heterocycles. The maximum Gasteiger partial charge on any atom is 0.328 e. The molecule has 1 aliphatic rings. The summed E-state index contributed by atoms with van der Waals surface area (Å²) in [4.78, 5) is 24.1. The van der Waals surface area contributed by atoms with Gasteiger partial charge in [0, 0.05) is 13.1 Å². The van der Waals surface area contributed by atoms with Crippen molar-refractivity contribution in [1.29, 1.82) is 0 Å². The second kappa shape index (κ2) is 5.67. The molecule has 2 atom stereocenters. The van der Waals surface area contributed by atoms with Gasteiger partial charge in [0.2, 0.25) is 0 Å². The zero-order valence-electron chi connectivity index (χ0n) is 10.0. The van der Waals surface area contributed by atoms with Crippen LogP contribution in [0.3, 0.4) is 0 Å². The number of carbonyl (C=O) groups is 2. The van der Waals surface area contributed by atoms with Crippen LogP contribution in [0.4, 0.5) is 4.79 Å². The smallest absolute Gasteiger partial charge is 0.328 e. The summed E-state index contributed by atoms with van der Waals surface area (Å²) in [5, 5.41) is 20.4. The normalized spacial score (nSPS) is 19.2. The van der Waals surface area contributed by atoms with E-state index in [4.69, 9.17) is 5.11 Å². The molecule has 6 nitrogen and oxygen atoms in total. The third-order valence-electron chi connectivity index (χ3n) is 2.65. The van der Waals surface area contributed by atoms with Crippen LogP contribution < -0.4 is 5.32 Å². The van der Waals surface area contributed by atoms with Gasteiger partial charge < -0.3 is 20.4 Å². The number of hydrogen-bond donors (Lipinski definition) is 3. The number of hydrogen-bond acceptors (Lipinski definition) is 3. The number of aliphatic hydroxyl groups excluding tert-OH is 1. The molecule has 0 spiro atoms. The van der Waals surface area contributed by atoms with E-state index in [2.05, 4.69) is 5.32 Å². The average Bonchev–Trinajstić information content (AvgIpc) is 2.24. The van der Waals surface area contributed by atoms with E-state index in [1.807, 2.05) is 13.0 Å². The van der Waals surface area contributed by atoms with Crippen molar-refractivity contribution in [3.05, 3.63) is 11.6 Å². The van der Waals surface area contributed by atoms with Crippen molar-refractivity contribution < 1.29 is 19.8 Å². The SMILES string of the molecule is CC1=CCCN(C(=O)NC(C(=O)O)C(C)O)C1. The number of urea groups is 1. The Morgan fingerprint density at radius 1 is 1.53 bits per heavy atom. The predicted molar refractivity (Wildman–Crippen MR) is 61.6 cm³/mol. The highest BCUT2D eigenvalue weighted by Crippen LogP contribution is 2.09. The standard InChI is InChI=1S/C11H18N2O4/c1-7-4-3-5-13(6-7)11(17)12-9(8(2)14)10(15)16/h4,8-9,14H,3,5-6H2,1-2H3,(H,12,17)(H,15,16). The van der Waals surface area contributed by atoms with Crippen molar-refractivity contribution in [1.82, 2.24) is 10.2 Å². The van der Waals surface area contributed by atoms with E-state index in [0.717, 1.165) is 12.0 Å². The van der Waals surface area contributed by atoms with Crippen LogP contribution in [0.1, 0.15) is 20.3 Å². The van der Waals surface area contributed by atoms with Crippen LogP contribution in [0, 0.1) is 0 Å². The van der Waals surface area contributed by atoms with E-state index in [0.29, 0.717) is 13.1 Å². The average molecular weight is 242 g/mol. The molecule has 2 unspecified atom stereocenters. The van der Waals surface area contributed by atoms with Crippen molar-refractivity contribution in [2.75, 3.05) is 13.1 Å². The summed E-state index contributed by atoms with van der Waals surface area (Å²) in [6.07, 6.45) is 1.69. The minimum atomic E-state index is -1.27. The van der Waals surface area contributed by atoms with Crippen molar-refractivity contribution in [3.8, 4) is 0 Å². The van der Waals surface area contributed by atoms with Gasteiger partial charge in [-0.25, -0.2) is 9.59 Å². The van der Waals surface area contributed by atoms with Gasteiger partial charge in [0.1, 0.15) is 0 Å². The first-order chi connectivity index (χ1) is 7.91. The van der Waals surface area contributed by atoms with Gasteiger partial charge in [-0.15, -0.1) is 0 Å². The van der Waals surface area contributed by atoms with Crippen LogP contribution in [0.15, 0.2) is 11.6 Å². The van der Waals surface area contributed by atoms with Gasteiger partial charge in [-0.1, -0.05) is 11.6 Å². The second-order valence-corrected chi connectivity index (χ2v) is 4.27. The van der Waals surface area contributed by atoms with Gasteiger partial charge >= 0.3 is 12.0 Å². The van der Waals surface area contributed by atoms with Gasteiger partial charge in [-0.3, -0.25) is 0 Å². The van der Waals surface area contributed by atoms with E-state index in [1.54, 1.807) is 0 Å². The van der Waals surface area contributed by atoms with E-state index in [1.165, 1.54) is 11.8 Å². The lowest BCUT2D eigenvalue weighted by Crippen LogP contribution is -2.53. The highest BCUT2D eigenvalue weighted by Gasteiger charge is 2.27. The molecule has 6 heteroatoms. The lowest BCUT2D eigenvalue weighted by molar-refractivity contribution is -0.141. The molecule has 0 saturated heterocycles. The molecular weight excluding hydrogens is 224 g/mol. The van der Waals surface area contributed by atoms with Crippen molar-refractivity contribution in [2.45, 2.75) is 32.4 Å². The molecule has 1 heterocycles. The van der Waals surface area contributed by atoms with Gasteiger partial charge in [-0.05, 0) is 20.3 Å². The molecule has 0 aromatic heterocycles. The van der Waals surface area contributed by atoms with E-state index in [-0.39, 0.29) is 0 Å². The van der Waals surface area contributed by atoms with Gasteiger partial charge in [0.25, 0.3) is 0 Å². The van der Waals surface area contributed by atoms with Crippen LogP contribution in [-0.4, -0.2) is 52.3 Å². The zero-order valence-corrected chi connectivity index (χ0v) is 10.0. The molecule has 0 radical (unpaired) electrons. The molecule has 1 rings (SSSR count). The second-order valence-electron chi connectivity index (χ2n) is 4.27.